The lowest BCUT2D eigenvalue weighted by Crippen LogP contribution is -2.13. The largest absolute Gasteiger partial charge is 0.393 e. The fourth-order valence-corrected chi connectivity index (χ4v) is 2.66. The van der Waals surface area contributed by atoms with Crippen LogP contribution in [0.25, 0.3) is 0 Å². The standard InChI is InChI=1S/C12H10FN3O4S/c13-8-1-3-9(4-2-8)15-21(19,20)10-5-6-11(14)12(7-10)16(17)18/h1-7,15H,14H2. The second-order valence-electron chi connectivity index (χ2n) is 4.09. The summed E-state index contributed by atoms with van der Waals surface area (Å²) in [6.07, 6.45) is 0. The molecular formula is C12H10FN3O4S. The Bertz CT molecular complexity index is 791. The maximum Gasteiger partial charge on any atom is 0.293 e. The highest BCUT2D eigenvalue weighted by Crippen LogP contribution is 2.26. The summed E-state index contributed by atoms with van der Waals surface area (Å²) in [5, 5.41) is 10.8. The Morgan fingerprint density at radius 3 is 2.33 bits per heavy atom. The van der Waals surface area contributed by atoms with Crippen molar-refractivity contribution in [1.82, 2.24) is 0 Å². The van der Waals surface area contributed by atoms with Crippen molar-refractivity contribution in [1.29, 1.82) is 0 Å². The van der Waals surface area contributed by atoms with Gasteiger partial charge in [-0.15, -0.1) is 0 Å². The van der Waals surface area contributed by atoms with E-state index < -0.39 is 26.5 Å². The van der Waals surface area contributed by atoms with Crippen LogP contribution in [0.1, 0.15) is 0 Å². The molecule has 0 spiro atoms. The predicted molar refractivity (Wildman–Crippen MR) is 74.7 cm³/mol. The van der Waals surface area contributed by atoms with E-state index in [9.17, 15) is 22.9 Å². The highest BCUT2D eigenvalue weighted by Gasteiger charge is 2.20. The first-order valence-electron chi connectivity index (χ1n) is 5.62. The Hall–Kier alpha value is -2.68. The van der Waals surface area contributed by atoms with Crippen molar-refractivity contribution in [3.8, 4) is 0 Å². The monoisotopic (exact) mass is 311 g/mol. The quantitative estimate of drug-likeness (QED) is 0.510. The van der Waals surface area contributed by atoms with Gasteiger partial charge in [0.15, 0.2) is 0 Å². The molecule has 0 radical (unpaired) electrons. The Balaban J connectivity index is 2.38. The number of nitrogens with two attached hydrogens (primary N) is 1. The van der Waals surface area contributed by atoms with Gasteiger partial charge in [-0.3, -0.25) is 14.8 Å². The molecule has 2 rings (SSSR count). The van der Waals surface area contributed by atoms with Crippen molar-refractivity contribution in [3.63, 3.8) is 0 Å². The van der Waals surface area contributed by atoms with Crippen LogP contribution in [-0.4, -0.2) is 13.3 Å². The molecule has 0 fully saturated rings. The first-order chi connectivity index (χ1) is 9.79. The molecule has 0 atom stereocenters. The molecular weight excluding hydrogens is 301 g/mol. The second kappa shape index (κ2) is 5.37. The number of nitrogen functional groups attached to an aromatic ring is 1. The van der Waals surface area contributed by atoms with Crippen LogP contribution in [-0.2, 0) is 10.0 Å². The molecule has 0 aliphatic rings. The minimum atomic E-state index is -4.03. The molecule has 0 saturated heterocycles. The van der Waals surface area contributed by atoms with Gasteiger partial charge in [0.2, 0.25) is 0 Å². The van der Waals surface area contributed by atoms with Gasteiger partial charge in [0.1, 0.15) is 11.5 Å². The van der Waals surface area contributed by atoms with E-state index in [1.807, 2.05) is 0 Å². The molecule has 3 N–H and O–H groups in total. The van der Waals surface area contributed by atoms with Gasteiger partial charge in [-0.05, 0) is 36.4 Å². The van der Waals surface area contributed by atoms with Gasteiger partial charge < -0.3 is 5.73 Å². The number of nitrogens with one attached hydrogen (secondary N) is 1. The van der Waals surface area contributed by atoms with Gasteiger partial charge >= 0.3 is 0 Å². The minimum absolute atomic E-state index is 0.135. The molecule has 21 heavy (non-hydrogen) atoms. The second-order valence-corrected chi connectivity index (χ2v) is 5.77. The number of rotatable bonds is 4. The summed E-state index contributed by atoms with van der Waals surface area (Å²) in [7, 11) is -4.03. The van der Waals surface area contributed by atoms with Gasteiger partial charge in [0.05, 0.1) is 9.82 Å². The lowest BCUT2D eigenvalue weighted by atomic mass is 10.3. The van der Waals surface area contributed by atoms with Crippen molar-refractivity contribution in [2.24, 2.45) is 0 Å². The number of hydrogen-bond donors (Lipinski definition) is 2. The summed E-state index contributed by atoms with van der Waals surface area (Å²) in [5.41, 5.74) is 4.90. The van der Waals surface area contributed by atoms with Crippen LogP contribution in [0.3, 0.4) is 0 Å². The number of nitro benzene ring substituents is 1. The normalized spacial score (nSPS) is 11.1. The molecule has 0 bridgehead atoms. The Morgan fingerprint density at radius 1 is 1.14 bits per heavy atom. The molecule has 0 unspecified atom stereocenters. The summed E-state index contributed by atoms with van der Waals surface area (Å²) in [6, 6.07) is 7.79. The number of anilines is 2. The van der Waals surface area contributed by atoms with Crippen LogP contribution in [0, 0.1) is 15.9 Å². The average molecular weight is 311 g/mol. The van der Waals surface area contributed by atoms with E-state index in [4.69, 9.17) is 5.73 Å². The highest BCUT2D eigenvalue weighted by atomic mass is 32.2. The Morgan fingerprint density at radius 2 is 1.76 bits per heavy atom. The van der Waals surface area contributed by atoms with Crippen molar-refractivity contribution in [2.75, 3.05) is 10.5 Å². The fraction of sp³-hybridized carbons (Fsp3) is 0. The number of nitro groups is 1. The van der Waals surface area contributed by atoms with Crippen LogP contribution in [0.5, 0.6) is 0 Å². The van der Waals surface area contributed by atoms with Crippen molar-refractivity contribution < 1.29 is 17.7 Å². The summed E-state index contributed by atoms with van der Waals surface area (Å²) >= 11 is 0. The molecule has 0 heterocycles. The highest BCUT2D eigenvalue weighted by molar-refractivity contribution is 7.92. The first kappa shape index (κ1) is 14.7. The molecule has 7 nitrogen and oxygen atoms in total. The third kappa shape index (κ3) is 3.26. The molecule has 110 valence electrons. The fourth-order valence-electron chi connectivity index (χ4n) is 1.58. The molecule has 0 aliphatic carbocycles. The average Bonchev–Trinajstić information content (AvgIpc) is 2.41. The zero-order valence-corrected chi connectivity index (χ0v) is 11.3. The minimum Gasteiger partial charge on any atom is -0.393 e. The van der Waals surface area contributed by atoms with E-state index in [-0.39, 0.29) is 16.3 Å². The SMILES string of the molecule is Nc1ccc(S(=O)(=O)Nc2ccc(F)cc2)cc1[N+](=O)[O-]. The van der Waals surface area contributed by atoms with Gasteiger partial charge in [0.25, 0.3) is 15.7 Å². The zero-order chi connectivity index (χ0) is 15.6. The molecule has 0 aliphatic heterocycles. The van der Waals surface area contributed by atoms with E-state index in [0.717, 1.165) is 30.3 Å². The number of nitrogens with zero attached hydrogens (tertiary/aromatic N) is 1. The van der Waals surface area contributed by atoms with E-state index in [1.54, 1.807) is 0 Å². The number of sulfonamides is 1. The van der Waals surface area contributed by atoms with Gasteiger partial charge in [0, 0.05) is 11.8 Å². The maximum atomic E-state index is 12.8. The number of halogens is 1. The molecule has 0 amide bonds. The maximum absolute atomic E-state index is 12.8. The van der Waals surface area contributed by atoms with E-state index in [1.165, 1.54) is 12.1 Å². The van der Waals surface area contributed by atoms with E-state index >= 15 is 0 Å². The van der Waals surface area contributed by atoms with E-state index in [2.05, 4.69) is 4.72 Å². The third-order valence-electron chi connectivity index (χ3n) is 2.61. The summed E-state index contributed by atoms with van der Waals surface area (Å²) < 4.78 is 39.2. The van der Waals surface area contributed by atoms with Gasteiger partial charge in [-0.2, -0.15) is 0 Å². The van der Waals surface area contributed by atoms with Gasteiger partial charge in [-0.25, -0.2) is 12.8 Å². The Kier molecular flexibility index (Phi) is 3.76. The van der Waals surface area contributed by atoms with Crippen LogP contribution in [0.15, 0.2) is 47.4 Å². The van der Waals surface area contributed by atoms with Crippen molar-refractivity contribution in [2.45, 2.75) is 4.90 Å². The van der Waals surface area contributed by atoms with Crippen molar-refractivity contribution >= 4 is 27.1 Å². The topological polar surface area (TPSA) is 115 Å². The molecule has 2 aromatic carbocycles. The summed E-state index contributed by atoms with van der Waals surface area (Å²) in [6.45, 7) is 0. The number of hydrogen-bond acceptors (Lipinski definition) is 5. The zero-order valence-electron chi connectivity index (χ0n) is 10.5. The van der Waals surface area contributed by atoms with Crippen LogP contribution >= 0.6 is 0 Å². The molecule has 0 aromatic heterocycles. The smallest absolute Gasteiger partial charge is 0.293 e. The number of benzene rings is 2. The third-order valence-corrected chi connectivity index (χ3v) is 3.98. The van der Waals surface area contributed by atoms with Crippen LogP contribution in [0.4, 0.5) is 21.5 Å². The van der Waals surface area contributed by atoms with E-state index in [0.29, 0.717) is 0 Å². The summed E-state index contributed by atoms with van der Waals surface area (Å²) in [5.74, 6) is -0.513. The lowest BCUT2D eigenvalue weighted by Gasteiger charge is -2.08. The molecule has 2 aromatic rings. The first-order valence-corrected chi connectivity index (χ1v) is 7.10. The van der Waals surface area contributed by atoms with Crippen molar-refractivity contribution in [3.05, 3.63) is 58.4 Å². The lowest BCUT2D eigenvalue weighted by molar-refractivity contribution is -0.384. The van der Waals surface area contributed by atoms with Crippen LogP contribution in [0.2, 0.25) is 0 Å². The molecule has 0 saturated carbocycles. The predicted octanol–water partition coefficient (Wildman–Crippen LogP) is 2.12. The summed E-state index contributed by atoms with van der Waals surface area (Å²) in [4.78, 5) is 9.68. The van der Waals surface area contributed by atoms with Gasteiger partial charge in [-0.1, -0.05) is 0 Å². The Labute approximate surface area is 119 Å². The van der Waals surface area contributed by atoms with Crippen LogP contribution < -0.4 is 10.5 Å². The molecule has 9 heteroatoms.